The SMILES string of the molecule is CC1=C(C(=O)N2CCCC2c2ccoc2)C(c2ccc(Cl)c(Cl)c2)n2nccc2N1. The summed E-state index contributed by atoms with van der Waals surface area (Å²) in [7, 11) is 0. The third-order valence-corrected chi connectivity index (χ3v) is 6.58. The molecule has 5 rings (SSSR count). The number of hydrogen-bond acceptors (Lipinski definition) is 4. The van der Waals surface area contributed by atoms with E-state index in [4.69, 9.17) is 27.6 Å². The minimum absolute atomic E-state index is 0.00465. The summed E-state index contributed by atoms with van der Waals surface area (Å²) in [5, 5.41) is 8.73. The van der Waals surface area contributed by atoms with E-state index in [1.54, 1.807) is 24.8 Å². The number of halogens is 2. The monoisotopic (exact) mass is 442 g/mol. The number of carbonyl (C=O) groups excluding carboxylic acids is 1. The van der Waals surface area contributed by atoms with Crippen LogP contribution in [0.1, 0.15) is 43.0 Å². The Labute approximate surface area is 184 Å². The molecule has 4 heterocycles. The molecule has 0 aliphatic carbocycles. The molecule has 1 N–H and O–H groups in total. The van der Waals surface area contributed by atoms with E-state index in [0.717, 1.165) is 35.5 Å². The number of carbonyl (C=O) groups is 1. The summed E-state index contributed by atoms with van der Waals surface area (Å²) >= 11 is 12.5. The Balaban J connectivity index is 1.59. The molecule has 6 nitrogen and oxygen atoms in total. The van der Waals surface area contributed by atoms with Crippen LogP contribution in [0.15, 0.2) is 64.7 Å². The van der Waals surface area contributed by atoms with Gasteiger partial charge in [-0.15, -0.1) is 0 Å². The fourth-order valence-corrected chi connectivity index (χ4v) is 4.76. The van der Waals surface area contributed by atoms with E-state index >= 15 is 0 Å². The van der Waals surface area contributed by atoms with Crippen molar-refractivity contribution in [2.75, 3.05) is 11.9 Å². The molecule has 1 aromatic carbocycles. The molecule has 0 saturated carbocycles. The first-order valence-electron chi connectivity index (χ1n) is 9.84. The molecule has 1 saturated heterocycles. The molecule has 2 aliphatic heterocycles. The average Bonchev–Trinajstić information content (AvgIpc) is 3.49. The lowest BCUT2D eigenvalue weighted by Crippen LogP contribution is -2.38. The number of likely N-dealkylation sites (tertiary alicyclic amines) is 1. The van der Waals surface area contributed by atoms with Gasteiger partial charge in [0.1, 0.15) is 11.9 Å². The Morgan fingerprint density at radius 3 is 2.83 bits per heavy atom. The minimum atomic E-state index is -0.399. The van der Waals surface area contributed by atoms with Crippen LogP contribution in [-0.4, -0.2) is 27.1 Å². The van der Waals surface area contributed by atoms with Crippen LogP contribution >= 0.6 is 23.2 Å². The molecule has 0 spiro atoms. The maximum Gasteiger partial charge on any atom is 0.254 e. The van der Waals surface area contributed by atoms with Gasteiger partial charge in [-0.05, 0) is 43.5 Å². The Hall–Kier alpha value is -2.70. The molecule has 0 radical (unpaired) electrons. The number of fused-ring (bicyclic) bond motifs is 1. The highest BCUT2D eigenvalue weighted by molar-refractivity contribution is 6.42. The van der Waals surface area contributed by atoms with Crippen molar-refractivity contribution in [2.24, 2.45) is 0 Å². The molecule has 1 fully saturated rings. The Morgan fingerprint density at radius 2 is 2.07 bits per heavy atom. The van der Waals surface area contributed by atoms with Crippen LogP contribution in [0.3, 0.4) is 0 Å². The van der Waals surface area contributed by atoms with Crippen molar-refractivity contribution in [2.45, 2.75) is 31.8 Å². The maximum absolute atomic E-state index is 13.9. The summed E-state index contributed by atoms with van der Waals surface area (Å²) in [4.78, 5) is 15.8. The Morgan fingerprint density at radius 1 is 1.20 bits per heavy atom. The summed E-state index contributed by atoms with van der Waals surface area (Å²) < 4.78 is 7.09. The molecular weight excluding hydrogens is 423 g/mol. The predicted molar refractivity (Wildman–Crippen MR) is 116 cm³/mol. The second-order valence-corrected chi connectivity index (χ2v) is 8.43. The first-order chi connectivity index (χ1) is 14.5. The lowest BCUT2D eigenvalue weighted by Gasteiger charge is -2.33. The topological polar surface area (TPSA) is 63.3 Å². The molecular formula is C22H20Cl2N4O2. The van der Waals surface area contributed by atoms with Gasteiger partial charge < -0.3 is 14.6 Å². The summed E-state index contributed by atoms with van der Waals surface area (Å²) in [5.41, 5.74) is 3.34. The number of nitrogens with zero attached hydrogens (tertiary/aromatic N) is 3. The van der Waals surface area contributed by atoms with Crippen LogP contribution in [0.5, 0.6) is 0 Å². The normalized spacial score (nSPS) is 21.0. The highest BCUT2D eigenvalue weighted by Gasteiger charge is 2.39. The lowest BCUT2D eigenvalue weighted by molar-refractivity contribution is -0.128. The minimum Gasteiger partial charge on any atom is -0.472 e. The fourth-order valence-electron chi connectivity index (χ4n) is 4.45. The van der Waals surface area contributed by atoms with Crippen LogP contribution in [0.25, 0.3) is 0 Å². The van der Waals surface area contributed by atoms with E-state index in [1.165, 1.54) is 0 Å². The summed E-state index contributed by atoms with van der Waals surface area (Å²) in [6.45, 7) is 2.63. The van der Waals surface area contributed by atoms with Gasteiger partial charge in [0.05, 0.1) is 40.4 Å². The van der Waals surface area contributed by atoms with Crippen molar-refractivity contribution in [1.29, 1.82) is 0 Å². The van der Waals surface area contributed by atoms with Gasteiger partial charge in [-0.3, -0.25) is 4.79 Å². The largest absolute Gasteiger partial charge is 0.472 e. The summed E-state index contributed by atoms with van der Waals surface area (Å²) in [5.74, 6) is 0.814. The van der Waals surface area contributed by atoms with Gasteiger partial charge in [0, 0.05) is 23.9 Å². The zero-order valence-electron chi connectivity index (χ0n) is 16.3. The van der Waals surface area contributed by atoms with Gasteiger partial charge in [-0.25, -0.2) is 4.68 Å². The van der Waals surface area contributed by atoms with E-state index in [-0.39, 0.29) is 11.9 Å². The highest BCUT2D eigenvalue weighted by Crippen LogP contribution is 2.41. The van der Waals surface area contributed by atoms with Gasteiger partial charge in [-0.2, -0.15) is 5.10 Å². The van der Waals surface area contributed by atoms with Crippen molar-refractivity contribution in [3.63, 3.8) is 0 Å². The van der Waals surface area contributed by atoms with Gasteiger partial charge >= 0.3 is 0 Å². The zero-order valence-corrected chi connectivity index (χ0v) is 17.8. The number of allylic oxidation sites excluding steroid dienone is 1. The van der Waals surface area contributed by atoms with Crippen molar-refractivity contribution in [3.05, 3.63) is 81.5 Å². The quantitative estimate of drug-likeness (QED) is 0.586. The second-order valence-electron chi connectivity index (χ2n) is 7.61. The van der Waals surface area contributed by atoms with Gasteiger partial charge in [0.25, 0.3) is 5.91 Å². The van der Waals surface area contributed by atoms with E-state index < -0.39 is 6.04 Å². The smallest absolute Gasteiger partial charge is 0.254 e. The first-order valence-corrected chi connectivity index (χ1v) is 10.6. The second kappa shape index (κ2) is 7.52. The number of nitrogens with one attached hydrogen (secondary N) is 1. The predicted octanol–water partition coefficient (Wildman–Crippen LogP) is 5.44. The fraction of sp³-hybridized carbons (Fsp3) is 0.273. The lowest BCUT2D eigenvalue weighted by atomic mass is 9.94. The number of amides is 1. The molecule has 2 atom stereocenters. The van der Waals surface area contributed by atoms with E-state index in [9.17, 15) is 4.79 Å². The molecule has 30 heavy (non-hydrogen) atoms. The molecule has 2 aromatic heterocycles. The number of aromatic nitrogens is 2. The van der Waals surface area contributed by atoms with Crippen molar-refractivity contribution in [1.82, 2.24) is 14.7 Å². The molecule has 8 heteroatoms. The van der Waals surface area contributed by atoms with Crippen LogP contribution in [-0.2, 0) is 4.79 Å². The number of hydrogen-bond donors (Lipinski definition) is 1. The van der Waals surface area contributed by atoms with Crippen molar-refractivity contribution < 1.29 is 9.21 Å². The first kappa shape index (κ1) is 19.3. The molecule has 2 aliphatic rings. The number of rotatable bonds is 3. The van der Waals surface area contributed by atoms with Crippen molar-refractivity contribution in [3.8, 4) is 0 Å². The van der Waals surface area contributed by atoms with Crippen LogP contribution in [0.4, 0.5) is 5.82 Å². The number of furan rings is 1. The van der Waals surface area contributed by atoms with E-state index in [0.29, 0.717) is 22.2 Å². The molecule has 3 aromatic rings. The standard InChI is InChI=1S/C22H20Cl2N4O2/c1-13-20(22(29)27-9-2-3-18(27)15-7-10-30-12-15)21(28-19(26-13)6-8-25-28)14-4-5-16(23)17(24)11-14/h4-8,10-12,18,21,26H,2-3,9H2,1H3. The zero-order chi connectivity index (χ0) is 20.8. The van der Waals surface area contributed by atoms with Crippen LogP contribution < -0.4 is 5.32 Å². The molecule has 2 unspecified atom stereocenters. The highest BCUT2D eigenvalue weighted by atomic mass is 35.5. The van der Waals surface area contributed by atoms with Crippen LogP contribution in [0, 0.1) is 0 Å². The molecule has 0 bridgehead atoms. The Bertz CT molecular complexity index is 1140. The summed E-state index contributed by atoms with van der Waals surface area (Å²) in [6, 6.07) is 8.88. The summed E-state index contributed by atoms with van der Waals surface area (Å²) in [6.07, 6.45) is 6.95. The third-order valence-electron chi connectivity index (χ3n) is 5.84. The van der Waals surface area contributed by atoms with Crippen LogP contribution in [0.2, 0.25) is 10.0 Å². The number of benzene rings is 1. The van der Waals surface area contributed by atoms with E-state index in [1.807, 2.05) is 40.8 Å². The van der Waals surface area contributed by atoms with Gasteiger partial charge in [0.2, 0.25) is 0 Å². The van der Waals surface area contributed by atoms with Gasteiger partial charge in [0.15, 0.2) is 0 Å². The van der Waals surface area contributed by atoms with E-state index in [2.05, 4.69) is 10.4 Å². The average molecular weight is 443 g/mol. The maximum atomic E-state index is 13.9. The van der Waals surface area contributed by atoms with Crippen molar-refractivity contribution >= 4 is 34.9 Å². The number of anilines is 1. The molecule has 1 amide bonds. The third kappa shape index (κ3) is 3.11. The Kier molecular flexibility index (Phi) is 4.83. The van der Waals surface area contributed by atoms with Gasteiger partial charge in [-0.1, -0.05) is 29.3 Å². The molecule has 154 valence electrons.